The number of hydrogen-bond donors (Lipinski definition) is 1. The van der Waals surface area contributed by atoms with Crippen molar-refractivity contribution in [1.82, 2.24) is 4.90 Å². The maximum atomic E-state index is 13.5. The number of nitrogens with zero attached hydrogens (tertiary/aromatic N) is 1. The summed E-state index contributed by atoms with van der Waals surface area (Å²) >= 11 is 0. The summed E-state index contributed by atoms with van der Waals surface area (Å²) in [7, 11) is -2.38. The Bertz CT molecular complexity index is 1060. The van der Waals surface area contributed by atoms with E-state index < -0.39 is 20.5 Å². The monoisotopic (exact) mass is 442 g/mol. The number of amides is 2. The Balaban J connectivity index is 1.81. The summed E-state index contributed by atoms with van der Waals surface area (Å²) < 4.78 is 25.4. The molecule has 0 unspecified atom stereocenters. The van der Waals surface area contributed by atoms with Crippen LogP contribution in [0.15, 0.2) is 47.4 Å². The standard InChI is InChI=1S/C24H30N2O4S/c1-17-14-18(2)22(19(3)15-17)25-21(27)16-26(4)23(28)24(12-8-9-13-24)31(29,30)20-10-6-5-7-11-20/h5-7,10-11,14-15H,8-9,12-13,16H2,1-4H3,(H,25,27). The maximum absolute atomic E-state index is 13.5. The summed E-state index contributed by atoms with van der Waals surface area (Å²) in [5.41, 5.74) is 3.72. The maximum Gasteiger partial charge on any atom is 0.244 e. The quantitative estimate of drug-likeness (QED) is 0.738. The lowest BCUT2D eigenvalue weighted by atomic mass is 10.0. The number of carbonyl (C=O) groups is 2. The predicted molar refractivity (Wildman–Crippen MR) is 122 cm³/mol. The summed E-state index contributed by atoms with van der Waals surface area (Å²) in [6.45, 7) is 5.62. The molecule has 1 aliphatic carbocycles. The smallest absolute Gasteiger partial charge is 0.244 e. The minimum Gasteiger partial charge on any atom is -0.335 e. The summed E-state index contributed by atoms with van der Waals surface area (Å²) in [4.78, 5) is 27.5. The highest BCUT2D eigenvalue weighted by atomic mass is 32.2. The molecular formula is C24H30N2O4S. The molecule has 2 aromatic carbocycles. The summed E-state index contributed by atoms with van der Waals surface area (Å²) in [6.07, 6.45) is 1.87. The van der Waals surface area contributed by atoms with E-state index in [-0.39, 0.29) is 30.2 Å². The molecule has 0 bridgehead atoms. The first-order valence-electron chi connectivity index (χ1n) is 10.5. The Hall–Kier alpha value is -2.67. The van der Waals surface area contributed by atoms with E-state index in [1.807, 2.05) is 32.9 Å². The van der Waals surface area contributed by atoms with Gasteiger partial charge in [-0.25, -0.2) is 8.42 Å². The Morgan fingerprint density at radius 1 is 1.00 bits per heavy atom. The van der Waals surface area contributed by atoms with Crippen LogP contribution in [0.25, 0.3) is 0 Å². The normalized spacial score (nSPS) is 15.5. The van der Waals surface area contributed by atoms with E-state index in [1.165, 1.54) is 24.1 Å². The molecule has 1 fully saturated rings. The van der Waals surface area contributed by atoms with Crippen LogP contribution in [0.5, 0.6) is 0 Å². The van der Waals surface area contributed by atoms with Gasteiger partial charge in [-0.05, 0) is 56.9 Å². The Morgan fingerprint density at radius 3 is 2.10 bits per heavy atom. The van der Waals surface area contributed by atoms with Gasteiger partial charge in [-0.15, -0.1) is 0 Å². The molecule has 2 aromatic rings. The van der Waals surface area contributed by atoms with E-state index >= 15 is 0 Å². The van der Waals surface area contributed by atoms with Crippen LogP contribution in [-0.2, 0) is 19.4 Å². The summed E-state index contributed by atoms with van der Waals surface area (Å²) in [6, 6.07) is 12.1. The number of rotatable bonds is 6. The molecule has 0 atom stereocenters. The first-order valence-corrected chi connectivity index (χ1v) is 12.0. The number of nitrogens with one attached hydrogen (secondary N) is 1. The van der Waals surface area contributed by atoms with Crippen molar-refractivity contribution in [3.63, 3.8) is 0 Å². The van der Waals surface area contributed by atoms with Gasteiger partial charge in [0, 0.05) is 12.7 Å². The molecule has 2 amide bonds. The number of aryl methyl sites for hydroxylation is 3. The molecule has 166 valence electrons. The van der Waals surface area contributed by atoms with E-state index in [0.717, 1.165) is 22.4 Å². The SMILES string of the molecule is Cc1cc(C)c(NC(=O)CN(C)C(=O)C2(S(=O)(=O)c3ccccc3)CCCC2)c(C)c1. The van der Waals surface area contributed by atoms with E-state index in [1.54, 1.807) is 18.2 Å². The van der Waals surface area contributed by atoms with E-state index in [9.17, 15) is 18.0 Å². The van der Waals surface area contributed by atoms with Gasteiger partial charge in [0.05, 0.1) is 11.4 Å². The topological polar surface area (TPSA) is 83.6 Å². The highest BCUT2D eigenvalue weighted by Crippen LogP contribution is 2.41. The zero-order chi connectivity index (χ0) is 22.8. The third-order valence-electron chi connectivity index (χ3n) is 6.04. The fourth-order valence-electron chi connectivity index (χ4n) is 4.56. The minimum absolute atomic E-state index is 0.147. The van der Waals surface area contributed by atoms with Crippen LogP contribution in [0, 0.1) is 20.8 Å². The molecule has 31 heavy (non-hydrogen) atoms. The number of carbonyl (C=O) groups excluding carboxylic acids is 2. The Morgan fingerprint density at radius 2 is 1.55 bits per heavy atom. The van der Waals surface area contributed by atoms with Crippen molar-refractivity contribution in [3.05, 3.63) is 59.2 Å². The molecule has 3 rings (SSSR count). The molecule has 0 heterocycles. The zero-order valence-electron chi connectivity index (χ0n) is 18.6. The van der Waals surface area contributed by atoms with Gasteiger partial charge in [0.25, 0.3) is 0 Å². The van der Waals surface area contributed by atoms with Crippen molar-refractivity contribution >= 4 is 27.3 Å². The van der Waals surface area contributed by atoms with Crippen LogP contribution >= 0.6 is 0 Å². The molecule has 0 radical (unpaired) electrons. The van der Waals surface area contributed by atoms with Crippen LogP contribution in [-0.4, -0.2) is 43.5 Å². The second-order valence-corrected chi connectivity index (χ2v) is 10.8. The van der Waals surface area contributed by atoms with E-state index in [0.29, 0.717) is 12.8 Å². The fourth-order valence-corrected chi connectivity index (χ4v) is 6.74. The molecule has 0 aliphatic heterocycles. The van der Waals surface area contributed by atoms with E-state index in [2.05, 4.69) is 5.32 Å². The van der Waals surface area contributed by atoms with Crippen molar-refractivity contribution in [2.75, 3.05) is 18.9 Å². The largest absolute Gasteiger partial charge is 0.335 e. The second-order valence-electron chi connectivity index (χ2n) is 8.50. The van der Waals surface area contributed by atoms with Gasteiger partial charge in [-0.3, -0.25) is 9.59 Å². The van der Waals surface area contributed by atoms with Crippen molar-refractivity contribution in [3.8, 4) is 0 Å². The van der Waals surface area contributed by atoms with Crippen molar-refractivity contribution < 1.29 is 18.0 Å². The average Bonchev–Trinajstić information content (AvgIpc) is 3.22. The molecule has 1 aliphatic rings. The number of likely N-dealkylation sites (N-methyl/N-ethyl adjacent to an activating group) is 1. The Kier molecular flexibility index (Phi) is 6.55. The third kappa shape index (κ3) is 4.37. The average molecular weight is 443 g/mol. The number of anilines is 1. The highest BCUT2D eigenvalue weighted by Gasteiger charge is 2.54. The summed E-state index contributed by atoms with van der Waals surface area (Å²) in [5.74, 6) is -0.863. The Labute approximate surface area is 184 Å². The van der Waals surface area contributed by atoms with Crippen molar-refractivity contribution in [2.24, 2.45) is 0 Å². The van der Waals surface area contributed by atoms with Crippen molar-refractivity contribution in [2.45, 2.75) is 56.1 Å². The predicted octanol–water partition coefficient (Wildman–Crippen LogP) is 3.80. The van der Waals surface area contributed by atoms with E-state index in [4.69, 9.17) is 0 Å². The van der Waals surface area contributed by atoms with Gasteiger partial charge >= 0.3 is 0 Å². The van der Waals surface area contributed by atoms with Gasteiger partial charge in [0.2, 0.25) is 11.8 Å². The molecule has 1 N–H and O–H groups in total. The fraction of sp³-hybridized carbons (Fsp3) is 0.417. The van der Waals surface area contributed by atoms with Gasteiger partial charge in [0.15, 0.2) is 14.6 Å². The second kappa shape index (κ2) is 8.83. The van der Waals surface area contributed by atoms with Gasteiger partial charge in [0.1, 0.15) is 0 Å². The highest BCUT2D eigenvalue weighted by molar-refractivity contribution is 7.93. The molecule has 0 spiro atoms. The molecule has 6 nitrogen and oxygen atoms in total. The zero-order valence-corrected chi connectivity index (χ0v) is 19.4. The number of benzene rings is 2. The van der Waals surface area contributed by atoms with Crippen LogP contribution < -0.4 is 5.32 Å². The van der Waals surface area contributed by atoms with Gasteiger partial charge in [-0.1, -0.05) is 48.7 Å². The van der Waals surface area contributed by atoms with Crippen LogP contribution in [0.2, 0.25) is 0 Å². The van der Waals surface area contributed by atoms with Crippen LogP contribution in [0.3, 0.4) is 0 Å². The molecule has 0 saturated heterocycles. The molecule has 1 saturated carbocycles. The molecule has 7 heteroatoms. The third-order valence-corrected chi connectivity index (χ3v) is 8.54. The van der Waals surface area contributed by atoms with Crippen LogP contribution in [0.1, 0.15) is 42.4 Å². The first kappa shape index (κ1) is 23.0. The number of hydrogen-bond acceptors (Lipinski definition) is 4. The van der Waals surface area contributed by atoms with Crippen LogP contribution in [0.4, 0.5) is 5.69 Å². The van der Waals surface area contributed by atoms with Crippen molar-refractivity contribution in [1.29, 1.82) is 0 Å². The lowest BCUT2D eigenvalue weighted by Gasteiger charge is -2.32. The summed E-state index contributed by atoms with van der Waals surface area (Å²) in [5, 5.41) is 2.88. The van der Waals surface area contributed by atoms with Gasteiger partial charge < -0.3 is 10.2 Å². The van der Waals surface area contributed by atoms with Gasteiger partial charge in [-0.2, -0.15) is 0 Å². The lowest BCUT2D eigenvalue weighted by Crippen LogP contribution is -2.52. The number of sulfone groups is 1. The minimum atomic E-state index is -3.88. The molecular weight excluding hydrogens is 412 g/mol. The molecule has 0 aromatic heterocycles. The first-order chi connectivity index (χ1) is 14.6. The lowest BCUT2D eigenvalue weighted by molar-refractivity contribution is -0.135.